The molecular formula is C12H17N5O. The van der Waals surface area contributed by atoms with Gasteiger partial charge in [-0.15, -0.1) is 0 Å². The monoisotopic (exact) mass is 247 g/mol. The van der Waals surface area contributed by atoms with Gasteiger partial charge in [-0.1, -0.05) is 0 Å². The minimum absolute atomic E-state index is 0.335. The van der Waals surface area contributed by atoms with Crippen molar-refractivity contribution in [1.29, 1.82) is 0 Å². The van der Waals surface area contributed by atoms with Crippen LogP contribution in [0.3, 0.4) is 0 Å². The van der Waals surface area contributed by atoms with Crippen LogP contribution >= 0.6 is 0 Å². The van der Waals surface area contributed by atoms with Crippen molar-refractivity contribution in [3.05, 3.63) is 24.3 Å². The van der Waals surface area contributed by atoms with Crippen LogP contribution in [-0.2, 0) is 0 Å². The predicted molar refractivity (Wildman–Crippen MR) is 69.2 cm³/mol. The molecule has 0 aromatic carbocycles. The third-order valence-corrected chi connectivity index (χ3v) is 2.62. The molecule has 0 spiro atoms. The first-order valence-corrected chi connectivity index (χ1v) is 5.78. The van der Waals surface area contributed by atoms with E-state index in [1.54, 1.807) is 13.3 Å². The molecule has 2 rings (SSSR count). The molecule has 0 saturated heterocycles. The summed E-state index contributed by atoms with van der Waals surface area (Å²) in [5.74, 6) is 1.30. The lowest BCUT2D eigenvalue weighted by molar-refractivity contribution is 0.394. The number of nitrogens with one attached hydrogen (secondary N) is 1. The molecule has 2 aromatic heterocycles. The Kier molecular flexibility index (Phi) is 3.45. The fourth-order valence-electron chi connectivity index (χ4n) is 1.59. The summed E-state index contributed by atoms with van der Waals surface area (Å²) in [6.45, 7) is 6.07. The Labute approximate surface area is 106 Å². The quantitative estimate of drug-likeness (QED) is 0.898. The topological polar surface area (TPSA) is 64.9 Å². The van der Waals surface area contributed by atoms with E-state index in [1.807, 2.05) is 17.8 Å². The van der Waals surface area contributed by atoms with Gasteiger partial charge in [-0.3, -0.25) is 4.68 Å². The minimum Gasteiger partial charge on any atom is -0.481 e. The zero-order chi connectivity index (χ0) is 13.1. The molecule has 0 bridgehead atoms. The van der Waals surface area contributed by atoms with E-state index < -0.39 is 0 Å². The molecule has 2 heterocycles. The van der Waals surface area contributed by atoms with Crippen LogP contribution in [0.15, 0.2) is 18.7 Å². The van der Waals surface area contributed by atoms with Crippen LogP contribution < -0.4 is 10.1 Å². The fraction of sp³-hybridized carbons (Fsp3) is 0.417. The van der Waals surface area contributed by atoms with Gasteiger partial charge in [0.15, 0.2) is 0 Å². The second-order valence-electron chi connectivity index (χ2n) is 4.28. The smallest absolute Gasteiger partial charge is 0.221 e. The van der Waals surface area contributed by atoms with Crippen molar-refractivity contribution in [2.24, 2.45) is 0 Å². The molecule has 0 radical (unpaired) electrons. The number of hydrogen-bond donors (Lipinski definition) is 1. The van der Waals surface area contributed by atoms with Crippen molar-refractivity contribution in [1.82, 2.24) is 19.7 Å². The number of hydrogen-bond acceptors (Lipinski definition) is 5. The molecule has 0 saturated carbocycles. The average molecular weight is 247 g/mol. The summed E-state index contributed by atoms with van der Waals surface area (Å²) in [5, 5.41) is 7.47. The normalized spacial score (nSPS) is 10.7. The molecule has 0 aliphatic rings. The highest BCUT2D eigenvalue weighted by Crippen LogP contribution is 2.23. The molecule has 2 aromatic rings. The van der Waals surface area contributed by atoms with Crippen LogP contribution in [0.4, 0.5) is 11.5 Å². The van der Waals surface area contributed by atoms with Gasteiger partial charge < -0.3 is 10.1 Å². The third-order valence-electron chi connectivity index (χ3n) is 2.62. The summed E-state index contributed by atoms with van der Waals surface area (Å²) < 4.78 is 7.04. The Morgan fingerprint density at radius 1 is 1.33 bits per heavy atom. The van der Waals surface area contributed by atoms with Crippen LogP contribution in [0.25, 0.3) is 0 Å². The molecule has 6 nitrogen and oxygen atoms in total. The summed E-state index contributed by atoms with van der Waals surface area (Å²) in [5.41, 5.74) is 1.77. The molecule has 0 unspecified atom stereocenters. The summed E-state index contributed by atoms with van der Waals surface area (Å²) in [6, 6.07) is 0.335. The van der Waals surface area contributed by atoms with Gasteiger partial charge in [-0.05, 0) is 20.8 Å². The van der Waals surface area contributed by atoms with E-state index in [9.17, 15) is 0 Å². The van der Waals surface area contributed by atoms with Gasteiger partial charge in [-0.2, -0.15) is 5.10 Å². The van der Waals surface area contributed by atoms with Crippen molar-refractivity contribution in [2.75, 3.05) is 12.4 Å². The zero-order valence-corrected chi connectivity index (χ0v) is 11.0. The second-order valence-corrected chi connectivity index (χ2v) is 4.28. The molecule has 0 atom stereocenters. The standard InChI is InChI=1S/C12H17N5O/c1-8(2)17-6-10(5-15-17)16-11-9(3)12(18-4)14-7-13-11/h5-8H,1-4H3,(H,13,14,16). The van der Waals surface area contributed by atoms with E-state index in [2.05, 4.69) is 34.2 Å². The number of nitrogens with zero attached hydrogens (tertiary/aromatic N) is 4. The number of anilines is 2. The first-order valence-electron chi connectivity index (χ1n) is 5.78. The third kappa shape index (κ3) is 2.42. The van der Waals surface area contributed by atoms with Crippen LogP contribution in [0.5, 0.6) is 5.88 Å². The van der Waals surface area contributed by atoms with Crippen molar-refractivity contribution in [2.45, 2.75) is 26.8 Å². The van der Waals surface area contributed by atoms with E-state index in [-0.39, 0.29) is 0 Å². The van der Waals surface area contributed by atoms with Gasteiger partial charge in [-0.25, -0.2) is 9.97 Å². The number of rotatable bonds is 4. The second kappa shape index (κ2) is 5.03. The van der Waals surface area contributed by atoms with Crippen molar-refractivity contribution < 1.29 is 4.74 Å². The van der Waals surface area contributed by atoms with E-state index in [4.69, 9.17) is 4.74 Å². The van der Waals surface area contributed by atoms with E-state index in [0.29, 0.717) is 11.9 Å². The van der Waals surface area contributed by atoms with Gasteiger partial charge in [0.05, 0.1) is 24.6 Å². The van der Waals surface area contributed by atoms with Crippen molar-refractivity contribution >= 4 is 11.5 Å². The average Bonchev–Trinajstić information content (AvgIpc) is 2.80. The highest BCUT2D eigenvalue weighted by atomic mass is 16.5. The maximum Gasteiger partial charge on any atom is 0.221 e. The minimum atomic E-state index is 0.335. The number of methoxy groups -OCH3 is 1. The molecule has 18 heavy (non-hydrogen) atoms. The van der Waals surface area contributed by atoms with E-state index in [0.717, 1.165) is 17.1 Å². The summed E-state index contributed by atoms with van der Waals surface area (Å²) >= 11 is 0. The van der Waals surface area contributed by atoms with Gasteiger partial charge in [0.25, 0.3) is 0 Å². The number of aromatic nitrogens is 4. The molecule has 6 heteroatoms. The molecule has 0 fully saturated rings. The Morgan fingerprint density at radius 2 is 2.11 bits per heavy atom. The van der Waals surface area contributed by atoms with Crippen molar-refractivity contribution in [3.8, 4) is 5.88 Å². The number of ether oxygens (including phenoxy) is 1. The molecule has 0 aliphatic carbocycles. The maximum absolute atomic E-state index is 5.15. The Balaban J connectivity index is 2.23. The zero-order valence-electron chi connectivity index (χ0n) is 11.0. The summed E-state index contributed by atoms with van der Waals surface area (Å²) in [6.07, 6.45) is 5.19. The molecular weight excluding hydrogens is 230 g/mol. The van der Waals surface area contributed by atoms with Gasteiger partial charge in [0.2, 0.25) is 5.88 Å². The Bertz CT molecular complexity index is 535. The van der Waals surface area contributed by atoms with Gasteiger partial charge >= 0.3 is 0 Å². The Hall–Kier alpha value is -2.11. The van der Waals surface area contributed by atoms with Crippen LogP contribution in [0.2, 0.25) is 0 Å². The summed E-state index contributed by atoms with van der Waals surface area (Å²) in [7, 11) is 1.59. The lowest BCUT2D eigenvalue weighted by atomic mass is 10.3. The molecule has 0 aliphatic heterocycles. The van der Waals surface area contributed by atoms with Crippen LogP contribution in [0.1, 0.15) is 25.5 Å². The maximum atomic E-state index is 5.15. The Morgan fingerprint density at radius 3 is 2.72 bits per heavy atom. The van der Waals surface area contributed by atoms with Gasteiger partial charge in [0.1, 0.15) is 12.1 Å². The first kappa shape index (κ1) is 12.3. The highest BCUT2D eigenvalue weighted by Gasteiger charge is 2.08. The fourth-order valence-corrected chi connectivity index (χ4v) is 1.59. The van der Waals surface area contributed by atoms with Crippen LogP contribution in [0, 0.1) is 6.92 Å². The molecule has 96 valence electrons. The highest BCUT2D eigenvalue weighted by molar-refractivity contribution is 5.59. The summed E-state index contributed by atoms with van der Waals surface area (Å²) in [4.78, 5) is 8.24. The van der Waals surface area contributed by atoms with Gasteiger partial charge in [0, 0.05) is 12.2 Å². The first-order chi connectivity index (χ1) is 8.61. The largest absolute Gasteiger partial charge is 0.481 e. The van der Waals surface area contributed by atoms with E-state index >= 15 is 0 Å². The molecule has 1 N–H and O–H groups in total. The SMILES string of the molecule is COc1ncnc(Nc2cnn(C(C)C)c2)c1C. The van der Waals surface area contributed by atoms with Crippen LogP contribution in [-0.4, -0.2) is 26.9 Å². The van der Waals surface area contributed by atoms with E-state index in [1.165, 1.54) is 6.33 Å². The molecule has 0 amide bonds. The lowest BCUT2D eigenvalue weighted by Gasteiger charge is -2.08. The van der Waals surface area contributed by atoms with Crippen molar-refractivity contribution in [3.63, 3.8) is 0 Å². The lowest BCUT2D eigenvalue weighted by Crippen LogP contribution is -2.01. The predicted octanol–water partition coefficient (Wildman–Crippen LogP) is 2.31.